The van der Waals surface area contributed by atoms with E-state index in [1.165, 1.54) is 4.31 Å². The second-order valence-corrected chi connectivity index (χ2v) is 9.20. The van der Waals surface area contributed by atoms with Gasteiger partial charge in [-0.2, -0.15) is 4.31 Å². The number of alkyl halides is 1. The van der Waals surface area contributed by atoms with Crippen LogP contribution in [0.25, 0.3) is 0 Å². The van der Waals surface area contributed by atoms with Crippen molar-refractivity contribution in [1.29, 1.82) is 0 Å². The van der Waals surface area contributed by atoms with Gasteiger partial charge < -0.3 is 14.8 Å². The summed E-state index contributed by atoms with van der Waals surface area (Å²) in [5, 5.41) is 3.35. The van der Waals surface area contributed by atoms with Crippen LogP contribution in [0.4, 0.5) is 5.69 Å². The van der Waals surface area contributed by atoms with Crippen molar-refractivity contribution < 1.29 is 17.9 Å². The molecule has 158 valence electrons. The van der Waals surface area contributed by atoms with Gasteiger partial charge in [-0.15, -0.1) is 11.6 Å². The third-order valence-electron chi connectivity index (χ3n) is 4.77. The van der Waals surface area contributed by atoms with Crippen LogP contribution < -0.4 is 10.1 Å². The molecular weight excluding hydrogens is 412 g/mol. The van der Waals surface area contributed by atoms with Gasteiger partial charge in [0.2, 0.25) is 10.0 Å². The highest BCUT2D eigenvalue weighted by Gasteiger charge is 2.26. The second-order valence-electron chi connectivity index (χ2n) is 6.88. The minimum absolute atomic E-state index is 0.301. The summed E-state index contributed by atoms with van der Waals surface area (Å²) >= 11 is 5.65. The van der Waals surface area contributed by atoms with E-state index in [1.54, 1.807) is 12.1 Å². The van der Waals surface area contributed by atoms with E-state index in [9.17, 15) is 8.42 Å². The molecule has 0 radical (unpaired) electrons. The number of aryl methyl sites for hydroxylation is 1. The number of morpholine rings is 1. The van der Waals surface area contributed by atoms with E-state index in [0.717, 1.165) is 29.0 Å². The summed E-state index contributed by atoms with van der Waals surface area (Å²) < 4.78 is 38.1. The normalized spacial score (nSPS) is 15.2. The largest absolute Gasteiger partial charge is 0.494 e. The standard InChI is InChI=1S/C21H27ClN2O4S/c1-17-3-8-20(29(25,26)24-10-13-27-14-11-24)15-21(17)23-16-18-4-6-19(7-5-18)28-12-2-9-22/h3-8,15,23H,2,9-14,16H2,1H3. The molecule has 0 amide bonds. The maximum absolute atomic E-state index is 12.9. The Hall–Kier alpha value is -1.80. The van der Waals surface area contributed by atoms with E-state index in [-0.39, 0.29) is 0 Å². The Morgan fingerprint density at radius 1 is 1.14 bits per heavy atom. The zero-order valence-electron chi connectivity index (χ0n) is 16.6. The van der Waals surface area contributed by atoms with Crippen molar-refractivity contribution in [3.63, 3.8) is 0 Å². The summed E-state index contributed by atoms with van der Waals surface area (Å²) in [6.45, 7) is 4.79. The Balaban J connectivity index is 1.66. The fraction of sp³-hybridized carbons (Fsp3) is 0.429. The Morgan fingerprint density at radius 3 is 2.55 bits per heavy atom. The zero-order chi connectivity index (χ0) is 20.7. The van der Waals surface area contributed by atoms with Gasteiger partial charge >= 0.3 is 0 Å². The molecule has 0 unspecified atom stereocenters. The molecule has 1 N–H and O–H groups in total. The van der Waals surface area contributed by atoms with Gasteiger partial charge in [0.1, 0.15) is 5.75 Å². The number of rotatable bonds is 9. The molecule has 0 spiro atoms. The lowest BCUT2D eigenvalue weighted by Gasteiger charge is -2.26. The van der Waals surface area contributed by atoms with Crippen molar-refractivity contribution in [3.05, 3.63) is 53.6 Å². The van der Waals surface area contributed by atoms with E-state index < -0.39 is 10.0 Å². The first-order valence-corrected chi connectivity index (χ1v) is 11.7. The van der Waals surface area contributed by atoms with E-state index >= 15 is 0 Å². The molecule has 0 aliphatic carbocycles. The molecule has 1 heterocycles. The van der Waals surface area contributed by atoms with Crippen molar-refractivity contribution in [3.8, 4) is 5.75 Å². The van der Waals surface area contributed by atoms with Crippen molar-refractivity contribution in [1.82, 2.24) is 4.31 Å². The Morgan fingerprint density at radius 2 is 1.86 bits per heavy atom. The van der Waals surface area contributed by atoms with Gasteiger partial charge in [0.25, 0.3) is 0 Å². The third-order valence-corrected chi connectivity index (χ3v) is 6.93. The van der Waals surface area contributed by atoms with Crippen molar-refractivity contribution in [2.45, 2.75) is 24.8 Å². The van der Waals surface area contributed by atoms with Gasteiger partial charge in [0.05, 0.1) is 24.7 Å². The fourth-order valence-corrected chi connectivity index (χ4v) is 4.58. The number of halogens is 1. The summed E-state index contributed by atoms with van der Waals surface area (Å²) in [7, 11) is -3.51. The lowest BCUT2D eigenvalue weighted by atomic mass is 10.1. The number of nitrogens with zero attached hydrogens (tertiary/aromatic N) is 1. The number of sulfonamides is 1. The van der Waals surface area contributed by atoms with Crippen LogP contribution in [0.2, 0.25) is 0 Å². The molecule has 29 heavy (non-hydrogen) atoms. The third kappa shape index (κ3) is 5.85. The fourth-order valence-electron chi connectivity index (χ4n) is 3.03. The summed E-state index contributed by atoms with van der Waals surface area (Å²) in [6, 6.07) is 13.1. The van der Waals surface area contributed by atoms with Crippen LogP contribution in [-0.4, -0.2) is 51.5 Å². The number of anilines is 1. The molecule has 2 aromatic carbocycles. The van der Waals surface area contributed by atoms with E-state index in [4.69, 9.17) is 21.1 Å². The summed E-state index contributed by atoms with van der Waals surface area (Å²) in [5.74, 6) is 1.40. The number of hydrogen-bond donors (Lipinski definition) is 1. The van der Waals surface area contributed by atoms with Crippen molar-refractivity contribution >= 4 is 27.3 Å². The minimum Gasteiger partial charge on any atom is -0.494 e. The van der Waals surface area contributed by atoms with E-state index in [1.807, 2.05) is 37.3 Å². The molecule has 0 bridgehead atoms. The smallest absolute Gasteiger partial charge is 0.243 e. The molecule has 1 saturated heterocycles. The summed E-state index contributed by atoms with van der Waals surface area (Å²) in [5.41, 5.74) is 2.88. The zero-order valence-corrected chi connectivity index (χ0v) is 18.1. The average Bonchev–Trinajstić information content (AvgIpc) is 2.75. The molecule has 0 atom stereocenters. The quantitative estimate of drug-likeness (QED) is 0.478. The van der Waals surface area contributed by atoms with Crippen LogP contribution in [-0.2, 0) is 21.3 Å². The number of nitrogens with one attached hydrogen (secondary N) is 1. The van der Waals surface area contributed by atoms with Gasteiger partial charge in [0.15, 0.2) is 0 Å². The van der Waals surface area contributed by atoms with Gasteiger partial charge in [0, 0.05) is 31.2 Å². The van der Waals surface area contributed by atoms with Gasteiger partial charge in [-0.3, -0.25) is 0 Å². The lowest BCUT2D eigenvalue weighted by molar-refractivity contribution is 0.0730. The van der Waals surface area contributed by atoms with Crippen LogP contribution in [0.15, 0.2) is 47.4 Å². The van der Waals surface area contributed by atoms with Crippen LogP contribution in [0, 0.1) is 6.92 Å². The van der Waals surface area contributed by atoms with Crippen LogP contribution in [0.5, 0.6) is 5.75 Å². The molecule has 6 nitrogen and oxygen atoms in total. The highest BCUT2D eigenvalue weighted by atomic mass is 35.5. The Bertz CT molecular complexity index is 897. The highest BCUT2D eigenvalue weighted by Crippen LogP contribution is 2.24. The minimum atomic E-state index is -3.51. The molecule has 0 saturated carbocycles. The van der Waals surface area contributed by atoms with Crippen molar-refractivity contribution in [2.75, 3.05) is 44.1 Å². The molecular formula is C21H27ClN2O4S. The predicted molar refractivity (Wildman–Crippen MR) is 115 cm³/mol. The molecule has 1 aliphatic rings. The lowest BCUT2D eigenvalue weighted by Crippen LogP contribution is -2.40. The second kappa shape index (κ2) is 10.3. The molecule has 0 aromatic heterocycles. The Labute approximate surface area is 177 Å². The maximum Gasteiger partial charge on any atom is 0.243 e. The van der Waals surface area contributed by atoms with Gasteiger partial charge in [-0.1, -0.05) is 18.2 Å². The van der Waals surface area contributed by atoms with Gasteiger partial charge in [-0.25, -0.2) is 8.42 Å². The Kier molecular flexibility index (Phi) is 7.77. The average molecular weight is 439 g/mol. The van der Waals surface area contributed by atoms with Crippen molar-refractivity contribution in [2.24, 2.45) is 0 Å². The highest BCUT2D eigenvalue weighted by molar-refractivity contribution is 7.89. The predicted octanol–water partition coefficient (Wildman–Crippen LogP) is 3.64. The first-order chi connectivity index (χ1) is 14.0. The van der Waals surface area contributed by atoms with Crippen LogP contribution >= 0.6 is 11.6 Å². The monoisotopic (exact) mass is 438 g/mol. The first-order valence-electron chi connectivity index (χ1n) is 9.71. The topological polar surface area (TPSA) is 67.9 Å². The van der Waals surface area contributed by atoms with Crippen LogP contribution in [0.1, 0.15) is 17.5 Å². The maximum atomic E-state index is 12.9. The van der Waals surface area contributed by atoms with Gasteiger partial charge in [-0.05, 0) is 48.7 Å². The molecule has 2 aromatic rings. The molecule has 1 aliphatic heterocycles. The SMILES string of the molecule is Cc1ccc(S(=O)(=O)N2CCOCC2)cc1NCc1ccc(OCCCCl)cc1. The van der Waals surface area contributed by atoms with E-state index in [0.29, 0.717) is 50.2 Å². The summed E-state index contributed by atoms with van der Waals surface area (Å²) in [6.07, 6.45) is 0.813. The molecule has 8 heteroatoms. The van der Waals surface area contributed by atoms with E-state index in [2.05, 4.69) is 5.32 Å². The molecule has 1 fully saturated rings. The summed E-state index contributed by atoms with van der Waals surface area (Å²) in [4.78, 5) is 0.301. The number of ether oxygens (including phenoxy) is 2. The number of hydrogen-bond acceptors (Lipinski definition) is 5. The number of benzene rings is 2. The molecule has 3 rings (SSSR count). The first kappa shape index (κ1) is 21.9. The van der Waals surface area contributed by atoms with Crippen LogP contribution in [0.3, 0.4) is 0 Å².